The van der Waals surface area contributed by atoms with E-state index in [0.717, 1.165) is 0 Å². The van der Waals surface area contributed by atoms with E-state index in [4.69, 9.17) is 5.11 Å². The number of carboxylic acid groups (broad SMARTS) is 1. The second-order valence-electron chi connectivity index (χ2n) is 5.96. The number of carboxylic acids is 1. The molecular formula is C17H23FN2O4. The predicted octanol–water partition coefficient (Wildman–Crippen LogP) is 1.90. The molecule has 2 amide bonds. The van der Waals surface area contributed by atoms with Crippen LogP contribution in [0.3, 0.4) is 0 Å². The van der Waals surface area contributed by atoms with E-state index < -0.39 is 23.7 Å². The van der Waals surface area contributed by atoms with Crippen LogP contribution >= 0.6 is 0 Å². The molecule has 1 atom stereocenters. The smallest absolute Gasteiger partial charge is 0.303 e. The van der Waals surface area contributed by atoms with Gasteiger partial charge in [0.2, 0.25) is 5.91 Å². The quantitative estimate of drug-likeness (QED) is 0.758. The van der Waals surface area contributed by atoms with Gasteiger partial charge in [0.25, 0.3) is 5.91 Å². The highest BCUT2D eigenvalue weighted by molar-refractivity contribution is 5.97. The molecule has 0 radical (unpaired) electrons. The van der Waals surface area contributed by atoms with E-state index >= 15 is 0 Å². The number of hydrogen-bond donors (Lipinski definition) is 2. The second kappa shape index (κ2) is 9.00. The average molecular weight is 338 g/mol. The Balaban J connectivity index is 2.71. The maximum atomic E-state index is 12.9. The van der Waals surface area contributed by atoms with E-state index in [1.54, 1.807) is 20.9 Å². The molecule has 0 bridgehead atoms. The third-order valence-corrected chi connectivity index (χ3v) is 3.59. The fraction of sp³-hybridized carbons (Fsp3) is 0.471. The molecule has 1 aromatic rings. The molecule has 0 saturated heterocycles. The van der Waals surface area contributed by atoms with Crippen molar-refractivity contribution in [2.24, 2.45) is 5.92 Å². The summed E-state index contributed by atoms with van der Waals surface area (Å²) in [6, 6.07) is 4.32. The van der Waals surface area contributed by atoms with Gasteiger partial charge in [-0.2, -0.15) is 0 Å². The number of likely N-dealkylation sites (N-methyl/N-ethyl adjacent to an activating group) is 1. The summed E-state index contributed by atoms with van der Waals surface area (Å²) < 4.78 is 12.9. The van der Waals surface area contributed by atoms with Gasteiger partial charge in [0, 0.05) is 25.6 Å². The highest BCUT2D eigenvalue weighted by Crippen LogP contribution is 2.09. The van der Waals surface area contributed by atoms with Crippen LogP contribution in [0.15, 0.2) is 24.3 Å². The van der Waals surface area contributed by atoms with Crippen LogP contribution in [0.2, 0.25) is 0 Å². The third kappa shape index (κ3) is 5.98. The molecule has 0 aliphatic carbocycles. The van der Waals surface area contributed by atoms with Gasteiger partial charge in [-0.1, -0.05) is 13.8 Å². The molecule has 132 valence electrons. The fourth-order valence-electron chi connectivity index (χ4n) is 2.15. The van der Waals surface area contributed by atoms with Gasteiger partial charge in [-0.15, -0.1) is 0 Å². The van der Waals surface area contributed by atoms with Crippen molar-refractivity contribution in [2.45, 2.75) is 32.7 Å². The molecule has 0 aromatic heterocycles. The molecule has 0 spiro atoms. The Bertz CT molecular complexity index is 587. The second-order valence-corrected chi connectivity index (χ2v) is 5.96. The largest absolute Gasteiger partial charge is 0.481 e. The molecule has 1 aromatic carbocycles. The summed E-state index contributed by atoms with van der Waals surface area (Å²) in [5.74, 6) is -2.25. The Labute approximate surface area is 140 Å². The van der Waals surface area contributed by atoms with E-state index in [0.29, 0.717) is 13.0 Å². The molecule has 2 N–H and O–H groups in total. The molecule has 7 heteroatoms. The highest BCUT2D eigenvalue weighted by Gasteiger charge is 2.27. The Morgan fingerprint density at radius 1 is 1.21 bits per heavy atom. The highest BCUT2D eigenvalue weighted by atomic mass is 19.1. The molecule has 0 aliphatic rings. The predicted molar refractivity (Wildman–Crippen MR) is 87.0 cm³/mol. The normalized spacial score (nSPS) is 11.9. The topological polar surface area (TPSA) is 86.7 Å². The van der Waals surface area contributed by atoms with Crippen molar-refractivity contribution >= 4 is 17.8 Å². The van der Waals surface area contributed by atoms with E-state index in [-0.39, 0.29) is 23.8 Å². The van der Waals surface area contributed by atoms with E-state index in [1.165, 1.54) is 29.2 Å². The van der Waals surface area contributed by atoms with Crippen LogP contribution in [-0.2, 0) is 9.59 Å². The first-order valence-electron chi connectivity index (χ1n) is 7.75. The van der Waals surface area contributed by atoms with Crippen molar-refractivity contribution in [3.05, 3.63) is 35.6 Å². The summed E-state index contributed by atoms with van der Waals surface area (Å²) in [5.41, 5.74) is 0.267. The number of nitrogens with zero attached hydrogens (tertiary/aromatic N) is 1. The van der Waals surface area contributed by atoms with Crippen LogP contribution in [0.5, 0.6) is 0 Å². The molecule has 0 heterocycles. The fourth-order valence-corrected chi connectivity index (χ4v) is 2.15. The molecule has 1 rings (SSSR count). The first-order valence-corrected chi connectivity index (χ1v) is 7.75. The number of nitrogens with one attached hydrogen (secondary N) is 1. The molecule has 6 nitrogen and oxygen atoms in total. The lowest BCUT2D eigenvalue weighted by Gasteiger charge is -2.27. The van der Waals surface area contributed by atoms with Crippen molar-refractivity contribution in [1.29, 1.82) is 0 Å². The van der Waals surface area contributed by atoms with Crippen molar-refractivity contribution in [1.82, 2.24) is 10.2 Å². The van der Waals surface area contributed by atoms with Gasteiger partial charge in [0.15, 0.2) is 0 Å². The Morgan fingerprint density at radius 2 is 1.79 bits per heavy atom. The van der Waals surface area contributed by atoms with Gasteiger partial charge in [-0.05, 0) is 36.6 Å². The molecule has 1 unspecified atom stereocenters. The molecule has 0 aliphatic heterocycles. The van der Waals surface area contributed by atoms with Gasteiger partial charge in [-0.3, -0.25) is 14.4 Å². The Morgan fingerprint density at radius 3 is 2.29 bits per heavy atom. The minimum Gasteiger partial charge on any atom is -0.481 e. The molecule has 0 saturated carbocycles. The van der Waals surface area contributed by atoms with Gasteiger partial charge in [0.05, 0.1) is 0 Å². The maximum Gasteiger partial charge on any atom is 0.303 e. The van der Waals surface area contributed by atoms with Crippen molar-refractivity contribution in [3.63, 3.8) is 0 Å². The average Bonchev–Trinajstić information content (AvgIpc) is 2.51. The van der Waals surface area contributed by atoms with Gasteiger partial charge in [-0.25, -0.2) is 4.39 Å². The van der Waals surface area contributed by atoms with Crippen molar-refractivity contribution < 1.29 is 23.9 Å². The molecular weight excluding hydrogens is 315 g/mol. The van der Waals surface area contributed by atoms with Crippen LogP contribution < -0.4 is 5.32 Å². The lowest BCUT2D eigenvalue weighted by Crippen LogP contribution is -2.50. The van der Waals surface area contributed by atoms with Gasteiger partial charge >= 0.3 is 5.97 Å². The summed E-state index contributed by atoms with van der Waals surface area (Å²) in [4.78, 5) is 36.7. The van der Waals surface area contributed by atoms with Crippen LogP contribution in [-0.4, -0.2) is 47.4 Å². The summed E-state index contributed by atoms with van der Waals surface area (Å²) >= 11 is 0. The van der Waals surface area contributed by atoms with Gasteiger partial charge < -0.3 is 15.3 Å². The number of benzene rings is 1. The maximum absolute atomic E-state index is 12.9. The SMILES string of the molecule is CC(C)C(NC(=O)c1ccc(F)cc1)C(=O)N(C)CCCC(=O)O. The number of halogens is 1. The molecule has 24 heavy (non-hydrogen) atoms. The zero-order valence-corrected chi connectivity index (χ0v) is 14.1. The standard InChI is InChI=1S/C17H23FN2O4/c1-11(2)15(17(24)20(3)10-4-5-14(21)22)19-16(23)12-6-8-13(18)9-7-12/h6-9,11,15H,4-5,10H2,1-3H3,(H,19,23)(H,21,22). The first-order chi connectivity index (χ1) is 11.2. The Kier molecular flexibility index (Phi) is 7.35. The number of aliphatic carboxylic acids is 1. The van der Waals surface area contributed by atoms with Crippen LogP contribution in [0.4, 0.5) is 4.39 Å². The number of hydrogen-bond acceptors (Lipinski definition) is 3. The van der Waals surface area contributed by atoms with Crippen LogP contribution in [0.25, 0.3) is 0 Å². The van der Waals surface area contributed by atoms with Crippen LogP contribution in [0.1, 0.15) is 37.0 Å². The van der Waals surface area contributed by atoms with E-state index in [2.05, 4.69) is 5.32 Å². The molecule has 0 fully saturated rings. The first kappa shape index (κ1) is 19.6. The number of amides is 2. The minimum absolute atomic E-state index is 0.0219. The van der Waals surface area contributed by atoms with E-state index in [9.17, 15) is 18.8 Å². The summed E-state index contributed by atoms with van der Waals surface area (Å²) in [6.07, 6.45) is 0.320. The van der Waals surface area contributed by atoms with Gasteiger partial charge in [0.1, 0.15) is 11.9 Å². The number of rotatable bonds is 8. The van der Waals surface area contributed by atoms with Crippen molar-refractivity contribution in [2.75, 3.05) is 13.6 Å². The van der Waals surface area contributed by atoms with Crippen molar-refractivity contribution in [3.8, 4) is 0 Å². The Hall–Kier alpha value is -2.44. The summed E-state index contributed by atoms with van der Waals surface area (Å²) in [5, 5.41) is 11.3. The zero-order valence-electron chi connectivity index (χ0n) is 14.1. The number of carbonyl (C=O) groups is 3. The lowest BCUT2D eigenvalue weighted by atomic mass is 10.0. The minimum atomic E-state index is -0.916. The number of carbonyl (C=O) groups excluding carboxylic acids is 2. The lowest BCUT2D eigenvalue weighted by molar-refractivity contribution is -0.138. The van der Waals surface area contributed by atoms with E-state index in [1.807, 2.05) is 0 Å². The summed E-state index contributed by atoms with van der Waals surface area (Å²) in [7, 11) is 1.57. The van der Waals surface area contributed by atoms with Crippen LogP contribution in [0, 0.1) is 11.7 Å². The third-order valence-electron chi connectivity index (χ3n) is 3.59. The monoisotopic (exact) mass is 338 g/mol. The summed E-state index contributed by atoms with van der Waals surface area (Å²) in [6.45, 7) is 3.90. The zero-order chi connectivity index (χ0) is 18.3.